The summed E-state index contributed by atoms with van der Waals surface area (Å²) in [6.45, 7) is -0.345. The summed E-state index contributed by atoms with van der Waals surface area (Å²) in [7, 11) is 3.29. The highest BCUT2D eigenvalue weighted by Crippen LogP contribution is 2.38. The summed E-state index contributed by atoms with van der Waals surface area (Å²) in [6.07, 6.45) is -11.0. The van der Waals surface area contributed by atoms with Gasteiger partial charge >= 0.3 is 12.4 Å². The average molecular weight is 705 g/mol. The van der Waals surface area contributed by atoms with Crippen molar-refractivity contribution in [3.63, 3.8) is 0 Å². The molecule has 0 spiro atoms. The van der Waals surface area contributed by atoms with E-state index in [1.54, 1.807) is 0 Å². The lowest BCUT2D eigenvalue weighted by Gasteiger charge is -2.30. The molecule has 268 valence electrons. The number of halogens is 8. The number of hydrogen-bond donors (Lipinski definition) is 2. The lowest BCUT2D eigenvalue weighted by molar-refractivity contribution is -0.182. The van der Waals surface area contributed by atoms with Crippen molar-refractivity contribution < 1.29 is 49.4 Å². The predicted molar refractivity (Wildman–Crippen MR) is 161 cm³/mol. The zero-order chi connectivity index (χ0) is 35.7. The van der Waals surface area contributed by atoms with Gasteiger partial charge in [-0.05, 0) is 75.4 Å². The number of likely N-dealkylation sites (N-methyl/N-ethyl adjacent to an activating group) is 1. The van der Waals surface area contributed by atoms with Gasteiger partial charge in [-0.3, -0.25) is 14.5 Å². The fourth-order valence-electron chi connectivity index (χ4n) is 6.44. The molecule has 1 aromatic carbocycles. The highest BCUT2D eigenvalue weighted by molar-refractivity contribution is 5.99. The van der Waals surface area contributed by atoms with Gasteiger partial charge in [0.15, 0.2) is 12.3 Å². The summed E-state index contributed by atoms with van der Waals surface area (Å²) in [5, 5.41) is 5.41. The number of aromatic nitrogens is 3. The SMILES string of the molecule is CN1CCCC1C(=O)NCc1ccc(C(F)(F)F)c(Cc2nc3cc(C(=O)NC4CCC(C(F)(F)F)CC4)c(OCC(F)F)nc3n2C)c1. The van der Waals surface area contributed by atoms with Crippen LogP contribution in [0.2, 0.25) is 0 Å². The molecule has 2 amide bonds. The molecule has 17 heteroatoms. The molecule has 1 saturated carbocycles. The second-order valence-corrected chi connectivity index (χ2v) is 12.6. The van der Waals surface area contributed by atoms with E-state index in [0.717, 1.165) is 19.0 Å². The number of ether oxygens (including phenoxy) is 1. The van der Waals surface area contributed by atoms with Gasteiger partial charge in [-0.2, -0.15) is 31.3 Å². The number of benzene rings is 1. The number of fused-ring (bicyclic) bond motifs is 1. The summed E-state index contributed by atoms with van der Waals surface area (Å²) in [6, 6.07) is 3.83. The molecule has 0 bridgehead atoms. The Hall–Kier alpha value is -4.02. The standard InChI is InChI=1S/C32H36F8N6O3/c1-45-11-3-4-24(45)29(48)41-15-17-5-10-22(32(38,39)40)18(12-17)13-26-43-23-14-21(30(49-16-25(33)34)44-27(23)46(26)2)28(47)42-20-8-6-19(7-9-20)31(35,36)37/h5,10,12,14,19-20,24-25H,3-4,6-9,11,13,15-16H2,1-2H3,(H,41,48)(H,42,47). The molecule has 9 nitrogen and oxygen atoms in total. The van der Waals surface area contributed by atoms with Crippen molar-refractivity contribution in [3.8, 4) is 5.88 Å². The molecule has 2 N–H and O–H groups in total. The minimum Gasteiger partial charge on any atom is -0.471 e. The van der Waals surface area contributed by atoms with Gasteiger partial charge in [0.2, 0.25) is 11.8 Å². The minimum absolute atomic E-state index is 0.000427. The van der Waals surface area contributed by atoms with Crippen LogP contribution in [-0.2, 0) is 31.0 Å². The number of nitrogens with zero attached hydrogens (tertiary/aromatic N) is 4. The van der Waals surface area contributed by atoms with Crippen LogP contribution in [0.5, 0.6) is 5.88 Å². The molecule has 5 rings (SSSR count). The van der Waals surface area contributed by atoms with Gasteiger partial charge in [0.1, 0.15) is 16.9 Å². The maximum atomic E-state index is 14.1. The van der Waals surface area contributed by atoms with E-state index in [2.05, 4.69) is 20.6 Å². The van der Waals surface area contributed by atoms with Crippen molar-refractivity contribution in [1.82, 2.24) is 30.1 Å². The van der Waals surface area contributed by atoms with Gasteiger partial charge in [-0.15, -0.1) is 0 Å². The molecule has 1 aliphatic heterocycles. The molecule has 3 heterocycles. The van der Waals surface area contributed by atoms with E-state index in [4.69, 9.17) is 4.74 Å². The number of alkyl halides is 8. The molecule has 1 unspecified atom stereocenters. The van der Waals surface area contributed by atoms with Crippen molar-refractivity contribution in [2.45, 2.75) is 82.4 Å². The van der Waals surface area contributed by atoms with Gasteiger partial charge in [0, 0.05) is 26.1 Å². The van der Waals surface area contributed by atoms with E-state index in [9.17, 15) is 44.7 Å². The predicted octanol–water partition coefficient (Wildman–Crippen LogP) is 5.78. The van der Waals surface area contributed by atoms with E-state index in [1.165, 1.54) is 29.8 Å². The Morgan fingerprint density at radius 1 is 1.00 bits per heavy atom. The van der Waals surface area contributed by atoms with Crippen molar-refractivity contribution in [1.29, 1.82) is 0 Å². The van der Waals surface area contributed by atoms with Crippen molar-refractivity contribution in [2.75, 3.05) is 20.2 Å². The van der Waals surface area contributed by atoms with Crippen LogP contribution in [0.4, 0.5) is 35.1 Å². The number of nitrogens with one attached hydrogen (secondary N) is 2. The Labute approximate surface area is 276 Å². The Morgan fingerprint density at radius 3 is 2.33 bits per heavy atom. The minimum atomic E-state index is -4.71. The van der Waals surface area contributed by atoms with Crippen LogP contribution >= 0.6 is 0 Å². The molecule has 49 heavy (non-hydrogen) atoms. The first-order valence-corrected chi connectivity index (χ1v) is 15.8. The van der Waals surface area contributed by atoms with Gasteiger partial charge in [-0.1, -0.05) is 12.1 Å². The monoisotopic (exact) mass is 704 g/mol. The fraction of sp³-hybridized carbons (Fsp3) is 0.562. The molecule has 2 aliphatic rings. The molecule has 2 aromatic heterocycles. The number of carbonyl (C=O) groups is 2. The molecule has 0 radical (unpaired) electrons. The maximum absolute atomic E-state index is 14.1. The number of aryl methyl sites for hydroxylation is 1. The Kier molecular flexibility index (Phi) is 10.7. The summed E-state index contributed by atoms with van der Waals surface area (Å²) >= 11 is 0. The van der Waals surface area contributed by atoms with E-state index in [-0.39, 0.29) is 78.7 Å². The largest absolute Gasteiger partial charge is 0.471 e. The molecule has 1 atom stereocenters. The zero-order valence-corrected chi connectivity index (χ0v) is 26.7. The number of rotatable bonds is 10. The number of pyridine rings is 1. The lowest BCUT2D eigenvalue weighted by Crippen LogP contribution is -2.41. The van der Waals surface area contributed by atoms with Gasteiger partial charge in [0.05, 0.1) is 17.5 Å². The average Bonchev–Trinajstić information content (AvgIpc) is 3.59. The number of imidazole rings is 1. The first kappa shape index (κ1) is 36.3. The first-order chi connectivity index (χ1) is 23.0. The third-order valence-corrected chi connectivity index (χ3v) is 9.13. The van der Waals surface area contributed by atoms with Gasteiger partial charge in [0.25, 0.3) is 12.3 Å². The first-order valence-electron chi connectivity index (χ1n) is 15.8. The summed E-state index contributed by atoms with van der Waals surface area (Å²) < 4.78 is 114. The summed E-state index contributed by atoms with van der Waals surface area (Å²) in [5.41, 5.74) is -0.821. The molecular weight excluding hydrogens is 668 g/mol. The topological polar surface area (TPSA) is 101 Å². The molecule has 1 aliphatic carbocycles. The van der Waals surface area contributed by atoms with Crippen LogP contribution in [0.15, 0.2) is 24.3 Å². The highest BCUT2D eigenvalue weighted by Gasteiger charge is 2.42. The van der Waals surface area contributed by atoms with E-state index >= 15 is 0 Å². The summed E-state index contributed by atoms with van der Waals surface area (Å²) in [5.74, 6) is -2.90. The van der Waals surface area contributed by atoms with E-state index in [1.807, 2.05) is 11.9 Å². The van der Waals surface area contributed by atoms with Crippen LogP contribution < -0.4 is 15.4 Å². The fourth-order valence-corrected chi connectivity index (χ4v) is 6.44. The highest BCUT2D eigenvalue weighted by atomic mass is 19.4. The maximum Gasteiger partial charge on any atom is 0.416 e. The Morgan fingerprint density at radius 2 is 1.71 bits per heavy atom. The molecular formula is C32H36F8N6O3. The number of carbonyl (C=O) groups excluding carboxylic acids is 2. The normalized spacial score (nSPS) is 20.6. The smallest absolute Gasteiger partial charge is 0.416 e. The van der Waals surface area contributed by atoms with Crippen molar-refractivity contribution >= 4 is 23.0 Å². The molecule has 2 fully saturated rings. The second kappa shape index (κ2) is 14.5. The Bertz CT molecular complexity index is 1670. The van der Waals surface area contributed by atoms with E-state index < -0.39 is 54.7 Å². The molecule has 3 aromatic rings. The van der Waals surface area contributed by atoms with Crippen molar-refractivity contribution in [3.05, 3.63) is 52.3 Å². The third-order valence-electron chi connectivity index (χ3n) is 9.13. The van der Waals surface area contributed by atoms with Crippen LogP contribution in [0.1, 0.15) is 71.4 Å². The number of likely N-dealkylation sites (tertiary alicyclic amines) is 1. The van der Waals surface area contributed by atoms with Crippen LogP contribution in [0, 0.1) is 5.92 Å². The third kappa shape index (κ3) is 8.59. The second-order valence-electron chi connectivity index (χ2n) is 12.6. The molecule has 1 saturated heterocycles. The summed E-state index contributed by atoms with van der Waals surface area (Å²) in [4.78, 5) is 36.4. The lowest BCUT2D eigenvalue weighted by atomic mass is 9.85. The van der Waals surface area contributed by atoms with Gasteiger partial charge < -0.3 is 19.9 Å². The Balaban J connectivity index is 1.40. The van der Waals surface area contributed by atoms with Crippen LogP contribution in [0.25, 0.3) is 11.2 Å². The number of hydrogen-bond acceptors (Lipinski definition) is 6. The van der Waals surface area contributed by atoms with Crippen molar-refractivity contribution in [2.24, 2.45) is 13.0 Å². The van der Waals surface area contributed by atoms with E-state index in [0.29, 0.717) is 12.0 Å². The number of amides is 2. The zero-order valence-electron chi connectivity index (χ0n) is 26.7. The van der Waals surface area contributed by atoms with Gasteiger partial charge in [-0.25, -0.2) is 13.8 Å². The quantitative estimate of drug-likeness (QED) is 0.260. The van der Waals surface area contributed by atoms with Crippen LogP contribution in [-0.4, -0.2) is 76.1 Å². The van der Waals surface area contributed by atoms with Crippen LogP contribution in [0.3, 0.4) is 0 Å².